The maximum atomic E-state index is 11.4. The van der Waals surface area contributed by atoms with Crippen molar-refractivity contribution in [1.82, 2.24) is 0 Å². The summed E-state index contributed by atoms with van der Waals surface area (Å²) in [6, 6.07) is 2.12. The molecule has 3 nitrogen and oxygen atoms in total. The van der Waals surface area contributed by atoms with E-state index in [0.717, 1.165) is 19.3 Å². The zero-order valence-electron chi connectivity index (χ0n) is 11.3. The monoisotopic (exact) mass is 302 g/mol. The third-order valence-corrected chi connectivity index (χ3v) is 6.74. The highest BCUT2D eigenvalue weighted by molar-refractivity contribution is 7.91. The van der Waals surface area contributed by atoms with E-state index in [2.05, 4.69) is 11.4 Å². The predicted octanol–water partition coefficient (Wildman–Crippen LogP) is 2.74. The molecule has 1 aliphatic rings. The van der Waals surface area contributed by atoms with Crippen molar-refractivity contribution < 1.29 is 13.5 Å². The normalized spacial score (nSPS) is 21.1. The molecular weight excluding hydrogens is 280 g/mol. The highest BCUT2D eigenvalue weighted by Crippen LogP contribution is 2.37. The van der Waals surface area contributed by atoms with Gasteiger partial charge in [0.25, 0.3) is 0 Å². The summed E-state index contributed by atoms with van der Waals surface area (Å²) in [6.45, 7) is 1.67. The van der Waals surface area contributed by atoms with Crippen molar-refractivity contribution in [3.63, 3.8) is 0 Å². The Morgan fingerprint density at radius 1 is 1.53 bits per heavy atom. The molecule has 1 aromatic rings. The minimum atomic E-state index is -2.90. The van der Waals surface area contributed by atoms with Crippen LogP contribution in [0.15, 0.2) is 11.4 Å². The number of thiophene rings is 1. The van der Waals surface area contributed by atoms with Crippen LogP contribution in [0.3, 0.4) is 0 Å². The molecule has 0 aromatic carbocycles. The topological polar surface area (TPSA) is 54.4 Å². The lowest BCUT2D eigenvalue weighted by Gasteiger charge is -2.27. The highest BCUT2D eigenvalue weighted by atomic mass is 32.2. The van der Waals surface area contributed by atoms with Crippen molar-refractivity contribution in [3.05, 3.63) is 21.9 Å². The molecule has 0 saturated heterocycles. The Morgan fingerprint density at radius 2 is 2.32 bits per heavy atom. The summed E-state index contributed by atoms with van der Waals surface area (Å²) in [5, 5.41) is 12.4. The van der Waals surface area contributed by atoms with Gasteiger partial charge in [0.1, 0.15) is 9.84 Å². The second-order valence-electron chi connectivity index (χ2n) is 5.24. The molecule has 5 heteroatoms. The molecule has 0 saturated carbocycles. The first-order valence-corrected chi connectivity index (χ1v) is 9.68. The molecule has 0 fully saturated rings. The van der Waals surface area contributed by atoms with Crippen LogP contribution >= 0.6 is 11.3 Å². The van der Waals surface area contributed by atoms with Crippen LogP contribution in [-0.4, -0.2) is 31.1 Å². The van der Waals surface area contributed by atoms with Gasteiger partial charge in [0.05, 0.1) is 11.9 Å². The first-order valence-electron chi connectivity index (χ1n) is 6.98. The lowest BCUT2D eigenvalue weighted by molar-refractivity contribution is 0.125. The highest BCUT2D eigenvalue weighted by Gasteiger charge is 2.27. The molecule has 1 N–H and O–H groups in total. The molecule has 0 bridgehead atoms. The van der Waals surface area contributed by atoms with E-state index >= 15 is 0 Å². The molecule has 2 unspecified atom stereocenters. The van der Waals surface area contributed by atoms with Crippen molar-refractivity contribution in [2.75, 3.05) is 11.5 Å². The smallest absolute Gasteiger partial charge is 0.150 e. The average Bonchev–Trinajstić information content (AvgIpc) is 2.86. The minimum absolute atomic E-state index is 0.196. The molecule has 0 aliphatic heterocycles. The summed E-state index contributed by atoms with van der Waals surface area (Å²) in [6.07, 6.45) is 4.02. The second kappa shape index (κ2) is 6.37. The number of hydrogen-bond donors (Lipinski definition) is 1. The fourth-order valence-electron chi connectivity index (χ4n) is 2.78. The largest absolute Gasteiger partial charge is 0.392 e. The van der Waals surface area contributed by atoms with Gasteiger partial charge in [-0.25, -0.2) is 8.42 Å². The summed E-state index contributed by atoms with van der Waals surface area (Å²) in [5.41, 5.74) is 1.29. The van der Waals surface area contributed by atoms with E-state index in [0.29, 0.717) is 12.8 Å². The maximum Gasteiger partial charge on any atom is 0.150 e. The van der Waals surface area contributed by atoms with Crippen LogP contribution in [0.5, 0.6) is 0 Å². The van der Waals surface area contributed by atoms with E-state index in [1.165, 1.54) is 10.4 Å². The van der Waals surface area contributed by atoms with Crippen LogP contribution in [0.2, 0.25) is 0 Å². The maximum absolute atomic E-state index is 11.4. The van der Waals surface area contributed by atoms with Gasteiger partial charge < -0.3 is 5.11 Å². The Balaban J connectivity index is 1.90. The molecule has 1 aromatic heterocycles. The van der Waals surface area contributed by atoms with Crippen LogP contribution in [0.1, 0.15) is 49.0 Å². The van der Waals surface area contributed by atoms with Gasteiger partial charge in [-0.15, -0.1) is 11.3 Å². The Bertz CT molecular complexity index is 505. The van der Waals surface area contributed by atoms with Crippen molar-refractivity contribution in [2.24, 2.45) is 0 Å². The van der Waals surface area contributed by atoms with Crippen LogP contribution in [0.25, 0.3) is 0 Å². The van der Waals surface area contributed by atoms with E-state index < -0.39 is 15.9 Å². The first kappa shape index (κ1) is 15.0. The molecule has 0 amide bonds. The SMILES string of the molecule is CCS(=O)(=O)CCCC(O)C1CCCc2sccc21. The van der Waals surface area contributed by atoms with Gasteiger partial charge in [0.2, 0.25) is 0 Å². The molecule has 0 spiro atoms. The summed E-state index contributed by atoms with van der Waals surface area (Å²) in [7, 11) is -2.90. The molecule has 0 radical (unpaired) electrons. The summed E-state index contributed by atoms with van der Waals surface area (Å²) in [4.78, 5) is 1.40. The number of fused-ring (bicyclic) bond motifs is 1. The third kappa shape index (κ3) is 3.80. The Morgan fingerprint density at radius 3 is 3.05 bits per heavy atom. The van der Waals surface area contributed by atoms with Crippen LogP contribution in [0.4, 0.5) is 0 Å². The molecule has 108 valence electrons. The zero-order valence-corrected chi connectivity index (χ0v) is 13.0. The van der Waals surface area contributed by atoms with E-state index in [1.54, 1.807) is 18.3 Å². The number of sulfone groups is 1. The molecule has 1 aliphatic carbocycles. The van der Waals surface area contributed by atoms with E-state index in [1.807, 2.05) is 0 Å². The molecular formula is C14H22O3S2. The number of aliphatic hydroxyl groups is 1. The van der Waals surface area contributed by atoms with Crippen molar-refractivity contribution in [2.45, 2.75) is 51.0 Å². The van der Waals surface area contributed by atoms with E-state index in [9.17, 15) is 13.5 Å². The molecule has 2 atom stereocenters. The van der Waals surface area contributed by atoms with Crippen LogP contribution in [0, 0.1) is 0 Å². The standard InChI is InChI=1S/C14H22O3S2/c1-2-19(16,17)10-4-6-13(15)11-5-3-7-14-12(11)8-9-18-14/h8-9,11,13,15H,2-7,10H2,1H3. The Hall–Kier alpha value is -0.390. The Kier molecular flexibility index (Phi) is 5.03. The van der Waals surface area contributed by atoms with Crippen LogP contribution < -0.4 is 0 Å². The zero-order chi connectivity index (χ0) is 13.9. The van der Waals surface area contributed by atoms with Gasteiger partial charge >= 0.3 is 0 Å². The lowest BCUT2D eigenvalue weighted by Crippen LogP contribution is -2.23. The number of aliphatic hydroxyl groups excluding tert-OH is 1. The lowest BCUT2D eigenvalue weighted by atomic mass is 9.82. The van der Waals surface area contributed by atoms with Crippen molar-refractivity contribution in [3.8, 4) is 0 Å². The fraction of sp³-hybridized carbons (Fsp3) is 0.714. The fourth-order valence-corrected chi connectivity index (χ4v) is 4.67. The van der Waals surface area contributed by atoms with Gasteiger partial charge in [-0.2, -0.15) is 0 Å². The first-order chi connectivity index (χ1) is 9.03. The van der Waals surface area contributed by atoms with Gasteiger partial charge in [-0.1, -0.05) is 6.92 Å². The van der Waals surface area contributed by atoms with Crippen molar-refractivity contribution in [1.29, 1.82) is 0 Å². The van der Waals surface area contributed by atoms with E-state index in [4.69, 9.17) is 0 Å². The van der Waals surface area contributed by atoms with Gasteiger partial charge in [0, 0.05) is 16.5 Å². The summed E-state index contributed by atoms with van der Waals surface area (Å²) < 4.78 is 22.9. The van der Waals surface area contributed by atoms with Gasteiger partial charge in [-0.3, -0.25) is 0 Å². The minimum Gasteiger partial charge on any atom is -0.392 e. The Labute approximate surface area is 119 Å². The van der Waals surface area contributed by atoms with E-state index in [-0.39, 0.29) is 17.4 Å². The number of aryl methyl sites for hydroxylation is 1. The van der Waals surface area contributed by atoms with Crippen molar-refractivity contribution >= 4 is 21.2 Å². The van der Waals surface area contributed by atoms with Crippen LogP contribution in [-0.2, 0) is 16.3 Å². The number of hydrogen-bond acceptors (Lipinski definition) is 4. The number of rotatable bonds is 6. The second-order valence-corrected chi connectivity index (χ2v) is 8.72. The quantitative estimate of drug-likeness (QED) is 0.879. The van der Waals surface area contributed by atoms with Gasteiger partial charge in [-0.05, 0) is 49.1 Å². The molecule has 19 heavy (non-hydrogen) atoms. The predicted molar refractivity (Wildman–Crippen MR) is 79.6 cm³/mol. The summed E-state index contributed by atoms with van der Waals surface area (Å²) >= 11 is 1.77. The van der Waals surface area contributed by atoms with Gasteiger partial charge in [0.15, 0.2) is 0 Å². The average molecular weight is 302 g/mol. The summed E-state index contributed by atoms with van der Waals surface area (Å²) in [5.74, 6) is 0.602. The third-order valence-electron chi connectivity index (χ3n) is 3.96. The molecule has 2 rings (SSSR count). The molecule has 1 heterocycles.